The number of carbonyl (C=O) groups excluding carboxylic acids is 2. The maximum Gasteiger partial charge on any atom is 0.224 e. The Kier molecular flexibility index (Phi) is 6.22. The van der Waals surface area contributed by atoms with E-state index in [-0.39, 0.29) is 17.7 Å². The molecular formula is C19H23N3O3S. The van der Waals surface area contributed by atoms with E-state index in [2.05, 4.69) is 10.3 Å². The van der Waals surface area contributed by atoms with Crippen molar-refractivity contribution < 1.29 is 14.3 Å². The smallest absolute Gasteiger partial charge is 0.224 e. The van der Waals surface area contributed by atoms with Gasteiger partial charge in [-0.2, -0.15) is 0 Å². The number of benzene rings is 1. The van der Waals surface area contributed by atoms with E-state index in [1.165, 1.54) is 0 Å². The van der Waals surface area contributed by atoms with E-state index in [9.17, 15) is 9.59 Å². The zero-order chi connectivity index (χ0) is 18.4. The molecule has 1 aromatic heterocycles. The largest absolute Gasteiger partial charge is 0.497 e. The van der Waals surface area contributed by atoms with Gasteiger partial charge in [0.1, 0.15) is 5.75 Å². The molecule has 1 N–H and O–H groups in total. The van der Waals surface area contributed by atoms with Crippen LogP contribution in [-0.2, 0) is 22.6 Å². The molecule has 0 saturated carbocycles. The van der Waals surface area contributed by atoms with Crippen molar-refractivity contribution in [2.75, 3.05) is 20.2 Å². The number of aromatic nitrogens is 1. The summed E-state index contributed by atoms with van der Waals surface area (Å²) in [5.74, 6) is 0.724. The lowest BCUT2D eigenvalue weighted by molar-refractivity contribution is -0.138. The van der Waals surface area contributed by atoms with Crippen LogP contribution in [0.25, 0.3) is 0 Å². The average molecular weight is 373 g/mol. The van der Waals surface area contributed by atoms with Crippen molar-refractivity contribution >= 4 is 23.2 Å². The van der Waals surface area contributed by atoms with Crippen LogP contribution in [0.15, 0.2) is 35.8 Å². The number of piperidine rings is 1. The van der Waals surface area contributed by atoms with Crippen LogP contribution >= 0.6 is 11.3 Å². The molecule has 1 fully saturated rings. The second-order valence-electron chi connectivity index (χ2n) is 6.33. The molecular weight excluding hydrogens is 350 g/mol. The molecule has 2 heterocycles. The number of thiazole rings is 1. The summed E-state index contributed by atoms with van der Waals surface area (Å²) in [5.41, 5.74) is 1.00. The molecule has 1 atom stereocenters. The lowest BCUT2D eigenvalue weighted by Gasteiger charge is -2.32. The fourth-order valence-electron chi connectivity index (χ4n) is 3.09. The molecule has 2 amide bonds. The van der Waals surface area contributed by atoms with Gasteiger partial charge in [-0.25, -0.2) is 4.98 Å². The number of carbonyl (C=O) groups is 2. The summed E-state index contributed by atoms with van der Waals surface area (Å²) in [6.45, 7) is 1.53. The van der Waals surface area contributed by atoms with E-state index in [1.54, 1.807) is 29.5 Å². The van der Waals surface area contributed by atoms with Gasteiger partial charge < -0.3 is 15.0 Å². The Morgan fingerprint density at radius 2 is 2.35 bits per heavy atom. The quantitative estimate of drug-likeness (QED) is 0.808. The summed E-state index contributed by atoms with van der Waals surface area (Å²) in [7, 11) is 1.62. The molecule has 0 radical (unpaired) electrons. The summed E-state index contributed by atoms with van der Waals surface area (Å²) >= 11 is 1.59. The SMILES string of the molecule is COc1cccc(CN2C[C@@H](C(=O)NCCc3nccs3)CCC2=O)c1. The van der Waals surface area contributed by atoms with Crippen molar-refractivity contribution in [3.05, 3.63) is 46.4 Å². The number of hydrogen-bond donors (Lipinski definition) is 1. The zero-order valence-electron chi connectivity index (χ0n) is 14.8. The maximum atomic E-state index is 12.4. The topological polar surface area (TPSA) is 71.5 Å². The van der Waals surface area contributed by atoms with Gasteiger partial charge in [0.25, 0.3) is 0 Å². The third-order valence-corrected chi connectivity index (χ3v) is 5.34. The molecule has 6 nitrogen and oxygen atoms in total. The Labute approximate surface area is 157 Å². The van der Waals surface area contributed by atoms with Gasteiger partial charge >= 0.3 is 0 Å². The number of likely N-dealkylation sites (tertiary alicyclic amines) is 1. The number of nitrogens with zero attached hydrogens (tertiary/aromatic N) is 2. The van der Waals surface area contributed by atoms with Gasteiger partial charge in [0.2, 0.25) is 11.8 Å². The van der Waals surface area contributed by atoms with Crippen molar-refractivity contribution in [3.63, 3.8) is 0 Å². The molecule has 0 bridgehead atoms. The van der Waals surface area contributed by atoms with Crippen LogP contribution in [-0.4, -0.2) is 41.9 Å². The van der Waals surface area contributed by atoms with Crippen molar-refractivity contribution in [1.82, 2.24) is 15.2 Å². The fourth-order valence-corrected chi connectivity index (χ4v) is 3.71. The molecule has 2 aromatic rings. The summed E-state index contributed by atoms with van der Waals surface area (Å²) in [6.07, 6.45) is 3.53. The molecule has 26 heavy (non-hydrogen) atoms. The molecule has 1 saturated heterocycles. The van der Waals surface area contributed by atoms with Crippen molar-refractivity contribution in [1.29, 1.82) is 0 Å². The van der Waals surface area contributed by atoms with Gasteiger partial charge in [-0.3, -0.25) is 9.59 Å². The van der Waals surface area contributed by atoms with Gasteiger partial charge in [0.05, 0.1) is 18.0 Å². The molecule has 0 aliphatic carbocycles. The highest BCUT2D eigenvalue weighted by atomic mass is 32.1. The van der Waals surface area contributed by atoms with E-state index < -0.39 is 0 Å². The number of ether oxygens (including phenoxy) is 1. The molecule has 1 aromatic carbocycles. The van der Waals surface area contributed by atoms with Crippen LogP contribution < -0.4 is 10.1 Å². The fraction of sp³-hybridized carbons (Fsp3) is 0.421. The first kappa shape index (κ1) is 18.4. The maximum absolute atomic E-state index is 12.4. The van der Waals surface area contributed by atoms with Gasteiger partial charge in [-0.1, -0.05) is 12.1 Å². The number of hydrogen-bond acceptors (Lipinski definition) is 5. The number of rotatable bonds is 7. The first-order chi connectivity index (χ1) is 12.7. The van der Waals surface area contributed by atoms with Crippen molar-refractivity contribution in [2.45, 2.75) is 25.8 Å². The lowest BCUT2D eigenvalue weighted by Crippen LogP contribution is -2.45. The molecule has 1 aliphatic rings. The monoisotopic (exact) mass is 373 g/mol. The number of amides is 2. The minimum absolute atomic E-state index is 0.0182. The number of nitrogens with one attached hydrogen (secondary N) is 1. The lowest BCUT2D eigenvalue weighted by atomic mass is 9.96. The second kappa shape index (κ2) is 8.80. The predicted molar refractivity (Wildman–Crippen MR) is 100.0 cm³/mol. The van der Waals surface area contributed by atoms with Gasteiger partial charge in [0.15, 0.2) is 0 Å². The number of methoxy groups -OCH3 is 1. The highest BCUT2D eigenvalue weighted by Crippen LogP contribution is 2.21. The average Bonchev–Trinajstić information content (AvgIpc) is 3.17. The van der Waals surface area contributed by atoms with Crippen molar-refractivity contribution in [3.8, 4) is 5.75 Å². The van der Waals surface area contributed by atoms with E-state index in [0.29, 0.717) is 32.5 Å². The molecule has 0 unspecified atom stereocenters. The van der Waals surface area contributed by atoms with Crippen molar-refractivity contribution in [2.24, 2.45) is 5.92 Å². The minimum Gasteiger partial charge on any atom is -0.497 e. The Balaban J connectivity index is 1.53. The molecule has 7 heteroatoms. The molecule has 0 spiro atoms. The molecule has 138 valence electrons. The Hall–Kier alpha value is -2.41. The minimum atomic E-state index is -0.158. The van der Waals surface area contributed by atoms with Gasteiger partial charge in [-0.05, 0) is 24.1 Å². The Morgan fingerprint density at radius 3 is 3.12 bits per heavy atom. The zero-order valence-corrected chi connectivity index (χ0v) is 15.6. The van der Waals surface area contributed by atoms with Crippen LogP contribution in [0.5, 0.6) is 5.75 Å². The standard InChI is InChI=1S/C19H23N3O3S/c1-25-16-4-2-3-14(11-16)12-22-13-15(5-6-18(22)23)19(24)21-8-7-17-20-9-10-26-17/h2-4,9-11,15H,5-8,12-13H2,1H3,(H,21,24)/t15-/m0/s1. The first-order valence-corrected chi connectivity index (χ1v) is 9.60. The highest BCUT2D eigenvalue weighted by Gasteiger charge is 2.30. The summed E-state index contributed by atoms with van der Waals surface area (Å²) < 4.78 is 5.23. The molecule has 3 rings (SSSR count). The van der Waals surface area contributed by atoms with E-state index in [4.69, 9.17) is 4.74 Å². The van der Waals surface area contributed by atoms with E-state index >= 15 is 0 Å². The second-order valence-corrected chi connectivity index (χ2v) is 7.31. The van der Waals surface area contributed by atoms with Gasteiger partial charge in [0, 0.05) is 44.1 Å². The highest BCUT2D eigenvalue weighted by molar-refractivity contribution is 7.09. The summed E-state index contributed by atoms with van der Waals surface area (Å²) in [4.78, 5) is 30.7. The van der Waals surface area contributed by atoms with Crippen LogP contribution in [0, 0.1) is 5.92 Å². The summed E-state index contributed by atoms with van der Waals surface area (Å²) in [6, 6.07) is 7.67. The third-order valence-electron chi connectivity index (χ3n) is 4.50. The first-order valence-electron chi connectivity index (χ1n) is 8.72. The Bertz CT molecular complexity index is 748. The summed E-state index contributed by atoms with van der Waals surface area (Å²) in [5, 5.41) is 5.93. The van der Waals surface area contributed by atoms with Crippen LogP contribution in [0.1, 0.15) is 23.4 Å². The van der Waals surface area contributed by atoms with Gasteiger partial charge in [-0.15, -0.1) is 11.3 Å². The third kappa shape index (κ3) is 4.82. The molecule has 1 aliphatic heterocycles. The predicted octanol–water partition coefficient (Wildman–Crippen LogP) is 2.25. The normalized spacial score (nSPS) is 17.2. The van der Waals surface area contributed by atoms with Crippen LogP contribution in [0.4, 0.5) is 0 Å². The van der Waals surface area contributed by atoms with Crippen LogP contribution in [0.2, 0.25) is 0 Å². The van der Waals surface area contributed by atoms with E-state index in [1.807, 2.05) is 29.6 Å². The van der Waals surface area contributed by atoms with Crippen LogP contribution in [0.3, 0.4) is 0 Å². The Morgan fingerprint density at radius 1 is 1.46 bits per heavy atom. The van der Waals surface area contributed by atoms with E-state index in [0.717, 1.165) is 22.7 Å².